The second kappa shape index (κ2) is 8.58. The third-order valence-corrected chi connectivity index (χ3v) is 4.61. The molecular formula is C21H23NO5. The van der Waals surface area contributed by atoms with E-state index in [2.05, 4.69) is 5.32 Å². The van der Waals surface area contributed by atoms with E-state index in [-0.39, 0.29) is 18.4 Å². The highest BCUT2D eigenvalue weighted by Gasteiger charge is 2.37. The summed E-state index contributed by atoms with van der Waals surface area (Å²) in [6.45, 7) is 0.198. The van der Waals surface area contributed by atoms with E-state index in [1.165, 1.54) is 0 Å². The number of nitrogens with one attached hydrogen (secondary N) is 1. The highest BCUT2D eigenvalue weighted by molar-refractivity contribution is 5.89. The summed E-state index contributed by atoms with van der Waals surface area (Å²) < 4.78 is 15.9. The molecule has 1 aliphatic rings. The molecule has 1 N–H and O–H groups in total. The molecule has 0 saturated carbocycles. The molecule has 142 valence electrons. The Morgan fingerprint density at radius 1 is 1.04 bits per heavy atom. The maximum atomic E-state index is 12.3. The van der Waals surface area contributed by atoms with Crippen LogP contribution in [0.2, 0.25) is 0 Å². The number of carbonyl (C=O) groups excluding carboxylic acids is 2. The lowest BCUT2D eigenvalue weighted by Crippen LogP contribution is -2.34. The summed E-state index contributed by atoms with van der Waals surface area (Å²) in [5, 5.41) is 2.74. The minimum absolute atomic E-state index is 0.140. The Labute approximate surface area is 158 Å². The number of benzene rings is 2. The number of esters is 1. The smallest absolute Gasteiger partial charge is 0.328 e. The van der Waals surface area contributed by atoms with E-state index in [4.69, 9.17) is 14.2 Å². The van der Waals surface area contributed by atoms with Crippen LogP contribution in [0.3, 0.4) is 0 Å². The lowest BCUT2D eigenvalue weighted by atomic mass is 9.96. The second-order valence-electron chi connectivity index (χ2n) is 6.51. The zero-order valence-corrected chi connectivity index (χ0v) is 15.4. The average molecular weight is 369 g/mol. The number of ether oxygens (including phenoxy) is 3. The van der Waals surface area contributed by atoms with E-state index in [0.717, 1.165) is 11.1 Å². The average Bonchev–Trinajstić information content (AvgIpc) is 3.07. The van der Waals surface area contributed by atoms with Gasteiger partial charge in [-0.25, -0.2) is 4.79 Å². The van der Waals surface area contributed by atoms with Gasteiger partial charge < -0.3 is 19.5 Å². The van der Waals surface area contributed by atoms with Crippen molar-refractivity contribution in [3.05, 3.63) is 59.7 Å². The molecule has 0 aliphatic carbocycles. The van der Waals surface area contributed by atoms with Crippen LogP contribution in [0.4, 0.5) is 0 Å². The van der Waals surface area contributed by atoms with Gasteiger partial charge in [-0.15, -0.1) is 0 Å². The van der Waals surface area contributed by atoms with E-state index in [1.54, 1.807) is 20.3 Å². The van der Waals surface area contributed by atoms with Crippen LogP contribution in [-0.4, -0.2) is 32.1 Å². The fraction of sp³-hybridized carbons (Fsp3) is 0.333. The summed E-state index contributed by atoms with van der Waals surface area (Å²) in [5.41, 5.74) is 1.83. The lowest BCUT2D eigenvalue weighted by Gasteiger charge is -2.11. The summed E-state index contributed by atoms with van der Waals surface area (Å²) in [6, 6.07) is 14.4. The number of hydrogen-bond acceptors (Lipinski definition) is 5. The van der Waals surface area contributed by atoms with Gasteiger partial charge in [0.25, 0.3) is 0 Å². The molecule has 1 saturated heterocycles. The van der Waals surface area contributed by atoms with Gasteiger partial charge in [-0.05, 0) is 36.1 Å². The summed E-state index contributed by atoms with van der Waals surface area (Å²) in [7, 11) is 3.17. The van der Waals surface area contributed by atoms with Gasteiger partial charge >= 0.3 is 5.97 Å². The molecule has 27 heavy (non-hydrogen) atoms. The standard InChI is InChI=1S/C21H23NO5/c1-25-17-9-15(10-18(12-17)26-2)8-16-11-19(22-20(16)23)21(24)27-13-14-6-4-3-5-7-14/h3-7,9-10,12,16,19H,8,11,13H2,1-2H3,(H,22,23)/t16-,19+/m0/s1. The van der Waals surface area contributed by atoms with Crippen molar-refractivity contribution >= 4 is 11.9 Å². The lowest BCUT2D eigenvalue weighted by molar-refractivity contribution is -0.147. The van der Waals surface area contributed by atoms with Gasteiger partial charge in [0.1, 0.15) is 24.1 Å². The van der Waals surface area contributed by atoms with Crippen molar-refractivity contribution in [2.45, 2.75) is 25.5 Å². The van der Waals surface area contributed by atoms with Gasteiger partial charge in [0.05, 0.1) is 14.2 Å². The molecule has 0 aromatic heterocycles. The number of carbonyl (C=O) groups is 2. The third-order valence-electron chi connectivity index (χ3n) is 4.61. The highest BCUT2D eigenvalue weighted by atomic mass is 16.5. The van der Waals surface area contributed by atoms with E-state index < -0.39 is 12.0 Å². The first-order valence-electron chi connectivity index (χ1n) is 8.82. The first-order valence-corrected chi connectivity index (χ1v) is 8.82. The van der Waals surface area contributed by atoms with Gasteiger partial charge in [-0.3, -0.25) is 4.79 Å². The number of rotatable bonds is 7. The van der Waals surface area contributed by atoms with Gasteiger partial charge in [-0.1, -0.05) is 30.3 Å². The van der Waals surface area contributed by atoms with Crippen LogP contribution in [0, 0.1) is 5.92 Å². The molecule has 1 amide bonds. The van der Waals surface area contributed by atoms with Crippen LogP contribution in [0.1, 0.15) is 17.5 Å². The maximum absolute atomic E-state index is 12.3. The zero-order chi connectivity index (χ0) is 19.2. The Morgan fingerprint density at radius 2 is 1.70 bits per heavy atom. The predicted molar refractivity (Wildman–Crippen MR) is 99.5 cm³/mol. The van der Waals surface area contributed by atoms with Crippen molar-refractivity contribution in [3.63, 3.8) is 0 Å². The first-order chi connectivity index (χ1) is 13.1. The fourth-order valence-electron chi connectivity index (χ4n) is 3.17. The minimum Gasteiger partial charge on any atom is -0.497 e. The molecule has 0 spiro atoms. The number of hydrogen-bond donors (Lipinski definition) is 1. The molecule has 2 aromatic carbocycles. The second-order valence-corrected chi connectivity index (χ2v) is 6.51. The van der Waals surface area contributed by atoms with Crippen LogP contribution in [0.15, 0.2) is 48.5 Å². The fourth-order valence-corrected chi connectivity index (χ4v) is 3.17. The Balaban J connectivity index is 1.59. The Bertz CT molecular complexity index is 783. The predicted octanol–water partition coefficient (Wildman–Crippen LogP) is 2.49. The summed E-state index contributed by atoms with van der Waals surface area (Å²) in [6.07, 6.45) is 0.911. The largest absolute Gasteiger partial charge is 0.497 e. The molecule has 6 nitrogen and oxygen atoms in total. The van der Waals surface area contributed by atoms with Crippen LogP contribution >= 0.6 is 0 Å². The van der Waals surface area contributed by atoms with Crippen LogP contribution in [-0.2, 0) is 27.4 Å². The quantitative estimate of drug-likeness (QED) is 0.759. The molecule has 1 fully saturated rings. The van der Waals surface area contributed by atoms with Crippen LogP contribution in [0.5, 0.6) is 11.5 Å². The SMILES string of the molecule is COc1cc(C[C@H]2C[C@H](C(=O)OCc3ccccc3)NC2=O)cc(OC)c1. The van der Waals surface area contributed by atoms with E-state index in [1.807, 2.05) is 42.5 Å². The van der Waals surface area contributed by atoms with Crippen molar-refractivity contribution in [2.24, 2.45) is 5.92 Å². The summed E-state index contributed by atoms with van der Waals surface area (Å²) in [5.74, 6) is 0.496. The molecular weight excluding hydrogens is 346 g/mol. The summed E-state index contributed by atoms with van der Waals surface area (Å²) in [4.78, 5) is 24.6. The van der Waals surface area contributed by atoms with E-state index in [9.17, 15) is 9.59 Å². The monoisotopic (exact) mass is 369 g/mol. The molecule has 3 rings (SSSR count). The van der Waals surface area contributed by atoms with Crippen molar-refractivity contribution in [1.82, 2.24) is 5.32 Å². The van der Waals surface area contributed by atoms with Gasteiger partial charge in [0.2, 0.25) is 5.91 Å². The minimum atomic E-state index is -0.612. The van der Waals surface area contributed by atoms with Crippen molar-refractivity contribution < 1.29 is 23.8 Å². The molecule has 1 heterocycles. The molecule has 6 heteroatoms. The Kier molecular flexibility index (Phi) is 5.96. The molecule has 2 aromatic rings. The topological polar surface area (TPSA) is 73.9 Å². The van der Waals surface area contributed by atoms with Crippen molar-refractivity contribution in [3.8, 4) is 11.5 Å². The molecule has 0 unspecified atom stereocenters. The molecule has 0 bridgehead atoms. The van der Waals surface area contributed by atoms with E-state index in [0.29, 0.717) is 24.3 Å². The summed E-state index contributed by atoms with van der Waals surface area (Å²) >= 11 is 0. The zero-order valence-electron chi connectivity index (χ0n) is 15.4. The maximum Gasteiger partial charge on any atom is 0.328 e. The van der Waals surface area contributed by atoms with Crippen LogP contribution < -0.4 is 14.8 Å². The van der Waals surface area contributed by atoms with Crippen molar-refractivity contribution in [2.75, 3.05) is 14.2 Å². The van der Waals surface area contributed by atoms with Crippen LogP contribution in [0.25, 0.3) is 0 Å². The van der Waals surface area contributed by atoms with Crippen molar-refractivity contribution in [1.29, 1.82) is 0 Å². The Morgan fingerprint density at radius 3 is 2.33 bits per heavy atom. The first kappa shape index (κ1) is 18.8. The molecule has 1 aliphatic heterocycles. The third kappa shape index (κ3) is 4.78. The molecule has 0 radical (unpaired) electrons. The highest BCUT2D eigenvalue weighted by Crippen LogP contribution is 2.27. The Hall–Kier alpha value is -3.02. The normalized spacial score (nSPS) is 18.7. The van der Waals surface area contributed by atoms with Gasteiger partial charge in [0.15, 0.2) is 0 Å². The van der Waals surface area contributed by atoms with Gasteiger partial charge in [-0.2, -0.15) is 0 Å². The number of methoxy groups -OCH3 is 2. The number of amides is 1. The molecule has 2 atom stereocenters. The van der Waals surface area contributed by atoms with Gasteiger partial charge in [0, 0.05) is 12.0 Å². The van der Waals surface area contributed by atoms with E-state index >= 15 is 0 Å².